The standard InChI is InChI=1S/C17H20N2O/c1-12(2)14-9-6-10-15(11-14)19-17(20)16(18)13-7-4-3-5-8-13/h3-12,16H,18H2,1-2H3,(H,19,20). The molecule has 0 bridgehead atoms. The minimum atomic E-state index is -0.654. The van der Waals surface area contributed by atoms with Gasteiger partial charge in [0.1, 0.15) is 6.04 Å². The summed E-state index contributed by atoms with van der Waals surface area (Å²) in [6.45, 7) is 4.24. The van der Waals surface area contributed by atoms with Gasteiger partial charge in [0.2, 0.25) is 5.91 Å². The summed E-state index contributed by atoms with van der Waals surface area (Å²) in [6, 6.07) is 16.6. The Labute approximate surface area is 119 Å². The van der Waals surface area contributed by atoms with Crippen molar-refractivity contribution in [2.24, 2.45) is 5.73 Å². The summed E-state index contributed by atoms with van der Waals surface area (Å²) in [5.74, 6) is 0.228. The van der Waals surface area contributed by atoms with Crippen LogP contribution in [0.15, 0.2) is 54.6 Å². The maximum atomic E-state index is 12.2. The van der Waals surface area contributed by atoms with Gasteiger partial charge in [-0.3, -0.25) is 4.79 Å². The maximum absolute atomic E-state index is 12.2. The third-order valence-electron chi connectivity index (χ3n) is 3.26. The number of hydrogen-bond acceptors (Lipinski definition) is 2. The number of carbonyl (C=O) groups excluding carboxylic acids is 1. The fourth-order valence-electron chi connectivity index (χ4n) is 2.01. The van der Waals surface area contributed by atoms with Gasteiger partial charge in [0.15, 0.2) is 0 Å². The molecule has 1 atom stereocenters. The first-order valence-corrected chi connectivity index (χ1v) is 6.79. The van der Waals surface area contributed by atoms with E-state index in [0.29, 0.717) is 5.92 Å². The van der Waals surface area contributed by atoms with Crippen LogP contribution in [0.25, 0.3) is 0 Å². The monoisotopic (exact) mass is 268 g/mol. The minimum absolute atomic E-state index is 0.197. The molecule has 0 aromatic heterocycles. The van der Waals surface area contributed by atoms with Gasteiger partial charge < -0.3 is 11.1 Å². The van der Waals surface area contributed by atoms with E-state index in [-0.39, 0.29) is 5.91 Å². The number of nitrogens with two attached hydrogens (primary N) is 1. The Hall–Kier alpha value is -2.13. The Balaban J connectivity index is 2.10. The van der Waals surface area contributed by atoms with Gasteiger partial charge in [-0.15, -0.1) is 0 Å². The summed E-state index contributed by atoms with van der Waals surface area (Å²) in [5, 5.41) is 2.87. The minimum Gasteiger partial charge on any atom is -0.324 e. The summed E-state index contributed by atoms with van der Waals surface area (Å²) >= 11 is 0. The van der Waals surface area contributed by atoms with Crippen molar-refractivity contribution in [2.75, 3.05) is 5.32 Å². The molecule has 3 nitrogen and oxygen atoms in total. The third-order valence-corrected chi connectivity index (χ3v) is 3.26. The normalized spacial score (nSPS) is 12.2. The lowest BCUT2D eigenvalue weighted by atomic mass is 10.0. The number of carbonyl (C=O) groups is 1. The van der Waals surface area contributed by atoms with E-state index in [1.54, 1.807) is 0 Å². The van der Waals surface area contributed by atoms with Crippen LogP contribution in [-0.4, -0.2) is 5.91 Å². The second kappa shape index (κ2) is 6.35. The molecule has 2 aromatic rings. The molecule has 0 aliphatic heterocycles. The van der Waals surface area contributed by atoms with Crippen molar-refractivity contribution in [1.29, 1.82) is 0 Å². The number of rotatable bonds is 4. The molecule has 20 heavy (non-hydrogen) atoms. The summed E-state index contributed by atoms with van der Waals surface area (Å²) in [7, 11) is 0. The van der Waals surface area contributed by atoms with Crippen molar-refractivity contribution in [3.8, 4) is 0 Å². The molecule has 0 aliphatic carbocycles. The van der Waals surface area contributed by atoms with Crippen LogP contribution < -0.4 is 11.1 Å². The smallest absolute Gasteiger partial charge is 0.245 e. The molecule has 0 heterocycles. The van der Waals surface area contributed by atoms with E-state index in [1.807, 2.05) is 48.5 Å². The predicted molar refractivity (Wildman–Crippen MR) is 82.5 cm³/mol. The van der Waals surface area contributed by atoms with Crippen LogP contribution in [0.1, 0.15) is 36.9 Å². The van der Waals surface area contributed by atoms with Crippen LogP contribution in [0.3, 0.4) is 0 Å². The predicted octanol–water partition coefficient (Wildman–Crippen LogP) is 3.45. The summed E-state index contributed by atoms with van der Waals surface area (Å²) < 4.78 is 0. The highest BCUT2D eigenvalue weighted by Crippen LogP contribution is 2.19. The molecular weight excluding hydrogens is 248 g/mol. The van der Waals surface area contributed by atoms with Crippen molar-refractivity contribution in [3.63, 3.8) is 0 Å². The lowest BCUT2D eigenvalue weighted by Gasteiger charge is -2.14. The lowest BCUT2D eigenvalue weighted by molar-refractivity contribution is -0.117. The molecule has 0 spiro atoms. The van der Waals surface area contributed by atoms with Crippen LogP contribution >= 0.6 is 0 Å². The quantitative estimate of drug-likeness (QED) is 0.892. The largest absolute Gasteiger partial charge is 0.324 e. The third kappa shape index (κ3) is 3.45. The zero-order valence-electron chi connectivity index (χ0n) is 11.8. The Morgan fingerprint density at radius 1 is 1.00 bits per heavy atom. The van der Waals surface area contributed by atoms with Crippen LogP contribution in [0.4, 0.5) is 5.69 Å². The van der Waals surface area contributed by atoms with E-state index >= 15 is 0 Å². The molecule has 0 fully saturated rings. The van der Waals surface area contributed by atoms with Crippen LogP contribution in [0, 0.1) is 0 Å². The van der Waals surface area contributed by atoms with Gasteiger partial charge in [0.05, 0.1) is 0 Å². The number of benzene rings is 2. The van der Waals surface area contributed by atoms with Gasteiger partial charge in [-0.25, -0.2) is 0 Å². The van der Waals surface area contributed by atoms with E-state index in [2.05, 4.69) is 25.2 Å². The molecule has 2 aromatic carbocycles. The summed E-state index contributed by atoms with van der Waals surface area (Å²) in [4.78, 5) is 12.2. The molecule has 0 radical (unpaired) electrons. The maximum Gasteiger partial charge on any atom is 0.245 e. The topological polar surface area (TPSA) is 55.1 Å². The molecule has 2 rings (SSSR count). The van der Waals surface area contributed by atoms with Gasteiger partial charge in [-0.2, -0.15) is 0 Å². The fourth-order valence-corrected chi connectivity index (χ4v) is 2.01. The zero-order valence-corrected chi connectivity index (χ0v) is 11.8. The van der Waals surface area contributed by atoms with Crippen LogP contribution in [0.2, 0.25) is 0 Å². The molecule has 0 aliphatic rings. The first-order chi connectivity index (χ1) is 9.58. The zero-order chi connectivity index (χ0) is 14.5. The number of hydrogen-bond donors (Lipinski definition) is 2. The van der Waals surface area contributed by atoms with Crippen LogP contribution in [0.5, 0.6) is 0 Å². The average Bonchev–Trinajstić information content (AvgIpc) is 2.47. The molecule has 1 amide bonds. The van der Waals surface area contributed by atoms with E-state index in [1.165, 1.54) is 5.56 Å². The van der Waals surface area contributed by atoms with Gasteiger partial charge >= 0.3 is 0 Å². The Morgan fingerprint density at radius 2 is 1.65 bits per heavy atom. The van der Waals surface area contributed by atoms with Gasteiger partial charge in [-0.1, -0.05) is 56.3 Å². The first-order valence-electron chi connectivity index (χ1n) is 6.79. The number of amides is 1. The second-order valence-electron chi connectivity index (χ2n) is 5.16. The van der Waals surface area contributed by atoms with Crippen molar-refractivity contribution < 1.29 is 4.79 Å². The fraction of sp³-hybridized carbons (Fsp3) is 0.235. The van der Waals surface area contributed by atoms with E-state index in [9.17, 15) is 4.79 Å². The SMILES string of the molecule is CC(C)c1cccc(NC(=O)C(N)c2ccccc2)c1. The van der Waals surface area contributed by atoms with Crippen molar-refractivity contribution >= 4 is 11.6 Å². The number of nitrogens with one attached hydrogen (secondary N) is 1. The number of anilines is 1. The second-order valence-corrected chi connectivity index (χ2v) is 5.16. The Kier molecular flexibility index (Phi) is 4.53. The van der Waals surface area contributed by atoms with Crippen molar-refractivity contribution in [1.82, 2.24) is 0 Å². The molecule has 3 heteroatoms. The summed E-state index contributed by atoms with van der Waals surface area (Å²) in [5.41, 5.74) is 8.76. The molecular formula is C17H20N2O. The van der Waals surface area contributed by atoms with Gasteiger partial charge in [-0.05, 0) is 29.2 Å². The lowest BCUT2D eigenvalue weighted by Crippen LogP contribution is -2.27. The van der Waals surface area contributed by atoms with E-state index in [0.717, 1.165) is 11.3 Å². The Morgan fingerprint density at radius 3 is 2.30 bits per heavy atom. The molecule has 3 N–H and O–H groups in total. The van der Waals surface area contributed by atoms with Crippen molar-refractivity contribution in [3.05, 3.63) is 65.7 Å². The molecule has 1 unspecified atom stereocenters. The van der Waals surface area contributed by atoms with E-state index in [4.69, 9.17) is 5.73 Å². The first kappa shape index (κ1) is 14.3. The highest BCUT2D eigenvalue weighted by molar-refractivity contribution is 5.95. The van der Waals surface area contributed by atoms with Gasteiger partial charge in [0.25, 0.3) is 0 Å². The molecule has 104 valence electrons. The van der Waals surface area contributed by atoms with Crippen LogP contribution in [-0.2, 0) is 4.79 Å². The highest BCUT2D eigenvalue weighted by Gasteiger charge is 2.15. The van der Waals surface area contributed by atoms with E-state index < -0.39 is 6.04 Å². The van der Waals surface area contributed by atoms with Gasteiger partial charge in [0, 0.05) is 5.69 Å². The molecule has 0 saturated carbocycles. The summed E-state index contributed by atoms with van der Waals surface area (Å²) in [6.07, 6.45) is 0. The average molecular weight is 268 g/mol. The van der Waals surface area contributed by atoms with Crippen molar-refractivity contribution in [2.45, 2.75) is 25.8 Å². The Bertz CT molecular complexity index is 579. The highest BCUT2D eigenvalue weighted by atomic mass is 16.2. The molecule has 0 saturated heterocycles.